The van der Waals surface area contributed by atoms with Crippen LogP contribution in [0.4, 0.5) is 5.69 Å². The van der Waals surface area contributed by atoms with E-state index in [-0.39, 0.29) is 11.1 Å². The lowest BCUT2D eigenvalue weighted by molar-refractivity contribution is 0.0555. The zero-order valence-corrected chi connectivity index (χ0v) is 21.1. The maximum absolute atomic E-state index is 12.0. The minimum Gasteiger partial charge on any atom is -0.494 e. The van der Waals surface area contributed by atoms with Gasteiger partial charge in [0.05, 0.1) is 32.0 Å². The van der Waals surface area contributed by atoms with Crippen LogP contribution >= 0.6 is 0 Å². The second-order valence-electron chi connectivity index (χ2n) is 8.56. The molecule has 6 nitrogen and oxygen atoms in total. The van der Waals surface area contributed by atoms with Crippen LogP contribution in [-0.2, 0) is 22.3 Å². The Morgan fingerprint density at radius 1 is 0.694 bits per heavy atom. The summed E-state index contributed by atoms with van der Waals surface area (Å²) in [4.78, 5) is 23.9. The number of anilines is 1. The van der Waals surface area contributed by atoms with Crippen LogP contribution in [-0.4, -0.2) is 39.3 Å². The van der Waals surface area contributed by atoms with E-state index in [0.717, 1.165) is 56.7 Å². The fraction of sp³-hybridized carbons (Fsp3) is 0.333. The monoisotopic (exact) mass is 489 g/mol. The van der Waals surface area contributed by atoms with Crippen molar-refractivity contribution in [2.75, 3.05) is 32.7 Å². The largest absolute Gasteiger partial charge is 0.494 e. The summed E-state index contributed by atoms with van der Waals surface area (Å²) in [5.74, 6) is -0.244. The average Bonchev–Trinajstić information content (AvgIpc) is 2.93. The molecule has 6 heteroatoms. The van der Waals surface area contributed by atoms with Gasteiger partial charge >= 0.3 is 11.9 Å². The number of hydrogen-bond donors (Lipinski definition) is 1. The number of methoxy groups -OCH3 is 2. The van der Waals surface area contributed by atoms with Gasteiger partial charge in [0.1, 0.15) is 5.75 Å². The molecule has 3 aromatic rings. The molecule has 0 aliphatic rings. The summed E-state index contributed by atoms with van der Waals surface area (Å²) in [5.41, 5.74) is 3.75. The predicted molar refractivity (Wildman–Crippen MR) is 142 cm³/mol. The minimum absolute atomic E-state index is 0.182. The normalized spacial score (nSPS) is 10.5. The van der Waals surface area contributed by atoms with E-state index in [0.29, 0.717) is 0 Å². The van der Waals surface area contributed by atoms with Gasteiger partial charge in [0.2, 0.25) is 0 Å². The molecule has 0 aromatic heterocycles. The van der Waals surface area contributed by atoms with Crippen molar-refractivity contribution < 1.29 is 23.8 Å². The summed E-state index contributed by atoms with van der Waals surface area (Å²) in [6, 6.07) is 23.8. The van der Waals surface area contributed by atoms with Crippen molar-refractivity contribution >= 4 is 17.6 Å². The van der Waals surface area contributed by atoms with E-state index in [1.807, 2.05) is 12.1 Å². The smallest absolute Gasteiger partial charge is 0.338 e. The Labute approximate surface area is 213 Å². The van der Waals surface area contributed by atoms with E-state index in [2.05, 4.69) is 47.8 Å². The number of hydrogen-bond acceptors (Lipinski definition) is 6. The molecule has 0 saturated carbocycles. The molecule has 1 N–H and O–H groups in total. The third-order valence-corrected chi connectivity index (χ3v) is 5.95. The summed E-state index contributed by atoms with van der Waals surface area (Å²) >= 11 is 0. The number of nitrogens with one attached hydrogen (secondary N) is 1. The molecular formula is C30H35NO5. The second-order valence-corrected chi connectivity index (χ2v) is 8.56. The Morgan fingerprint density at radius 2 is 1.36 bits per heavy atom. The molecule has 0 heterocycles. The van der Waals surface area contributed by atoms with Crippen molar-refractivity contribution in [3.8, 4) is 5.75 Å². The summed E-state index contributed by atoms with van der Waals surface area (Å²) in [5, 5.41) is 3.30. The van der Waals surface area contributed by atoms with Gasteiger partial charge in [-0.2, -0.15) is 0 Å². The molecule has 190 valence electrons. The van der Waals surface area contributed by atoms with Crippen LogP contribution in [0.15, 0.2) is 72.8 Å². The molecule has 0 aliphatic heterocycles. The van der Waals surface area contributed by atoms with Gasteiger partial charge in [0.15, 0.2) is 0 Å². The quantitative estimate of drug-likeness (QED) is 0.218. The van der Waals surface area contributed by atoms with Crippen LogP contribution in [0.5, 0.6) is 5.75 Å². The molecule has 0 radical (unpaired) electrons. The summed E-state index contributed by atoms with van der Waals surface area (Å²) in [6.07, 6.45) is 6.34. The highest BCUT2D eigenvalue weighted by molar-refractivity contribution is 6.03. The Kier molecular flexibility index (Phi) is 10.8. The molecule has 36 heavy (non-hydrogen) atoms. The van der Waals surface area contributed by atoms with Gasteiger partial charge in [-0.25, -0.2) is 9.59 Å². The number of carbonyl (C=O) groups is 2. The maximum atomic E-state index is 12.0. The van der Waals surface area contributed by atoms with E-state index in [1.165, 1.54) is 31.8 Å². The van der Waals surface area contributed by atoms with Crippen LogP contribution in [0, 0.1) is 0 Å². The highest BCUT2D eigenvalue weighted by Crippen LogP contribution is 2.19. The Balaban J connectivity index is 1.35. The highest BCUT2D eigenvalue weighted by atomic mass is 16.5. The number of unbranched alkanes of at least 4 members (excludes halogenated alkanes) is 2. The predicted octanol–water partition coefficient (Wildman–Crippen LogP) is 6.10. The van der Waals surface area contributed by atoms with Crippen LogP contribution in [0.1, 0.15) is 57.5 Å². The van der Waals surface area contributed by atoms with Crippen LogP contribution in [0.25, 0.3) is 0 Å². The molecule has 0 saturated heterocycles. The van der Waals surface area contributed by atoms with Crippen molar-refractivity contribution in [1.82, 2.24) is 0 Å². The third kappa shape index (κ3) is 8.45. The highest BCUT2D eigenvalue weighted by Gasteiger charge is 2.18. The first-order chi connectivity index (χ1) is 17.6. The van der Waals surface area contributed by atoms with Crippen molar-refractivity contribution in [3.05, 3.63) is 95.1 Å². The molecule has 0 aliphatic carbocycles. The zero-order chi connectivity index (χ0) is 25.6. The first-order valence-corrected chi connectivity index (χ1v) is 12.4. The number of rotatable bonds is 14. The van der Waals surface area contributed by atoms with Gasteiger partial charge in [-0.15, -0.1) is 0 Å². The first kappa shape index (κ1) is 26.8. The topological polar surface area (TPSA) is 73.9 Å². The lowest BCUT2D eigenvalue weighted by Gasteiger charge is -2.11. The lowest BCUT2D eigenvalue weighted by atomic mass is 10.1. The molecule has 0 bridgehead atoms. The molecule has 0 atom stereocenters. The molecule has 0 unspecified atom stereocenters. The molecule has 3 rings (SSSR count). The van der Waals surface area contributed by atoms with Gasteiger partial charge in [-0.05, 0) is 80.0 Å². The van der Waals surface area contributed by atoms with Gasteiger partial charge in [-0.1, -0.05) is 42.5 Å². The van der Waals surface area contributed by atoms with Gasteiger partial charge < -0.3 is 19.5 Å². The molecule has 0 amide bonds. The Hall–Kier alpha value is -3.80. The summed E-state index contributed by atoms with van der Waals surface area (Å²) in [7, 11) is 2.57. The average molecular weight is 490 g/mol. The standard InChI is InChI=1S/C30H35NO5/c1-34-29(32)27-19-16-25(22-28(27)30(33)35-2)31-20-9-13-24-14-17-26(18-15-24)36-21-8-4-7-12-23-10-5-3-6-11-23/h3,5-6,10-11,14-19,22,31H,4,7-9,12-13,20-21H2,1-2H3. The fourth-order valence-corrected chi connectivity index (χ4v) is 3.94. The number of esters is 2. The summed E-state index contributed by atoms with van der Waals surface area (Å²) in [6.45, 7) is 1.46. The van der Waals surface area contributed by atoms with Gasteiger partial charge in [0.25, 0.3) is 0 Å². The van der Waals surface area contributed by atoms with E-state index in [1.54, 1.807) is 18.2 Å². The van der Waals surface area contributed by atoms with E-state index in [4.69, 9.17) is 14.2 Å². The fourth-order valence-electron chi connectivity index (χ4n) is 3.94. The third-order valence-electron chi connectivity index (χ3n) is 5.95. The lowest BCUT2D eigenvalue weighted by Crippen LogP contribution is -2.13. The van der Waals surface area contributed by atoms with Crippen molar-refractivity contribution in [3.63, 3.8) is 0 Å². The van der Waals surface area contributed by atoms with E-state index in [9.17, 15) is 9.59 Å². The number of carbonyl (C=O) groups excluding carboxylic acids is 2. The van der Waals surface area contributed by atoms with E-state index < -0.39 is 11.9 Å². The molecule has 0 fully saturated rings. The Bertz CT molecular complexity index is 1100. The molecule has 0 spiro atoms. The van der Waals surface area contributed by atoms with E-state index >= 15 is 0 Å². The second kappa shape index (κ2) is 14.6. The number of benzene rings is 3. The van der Waals surface area contributed by atoms with Crippen molar-refractivity contribution in [2.24, 2.45) is 0 Å². The zero-order valence-electron chi connectivity index (χ0n) is 21.1. The van der Waals surface area contributed by atoms with Gasteiger partial charge in [0, 0.05) is 12.2 Å². The van der Waals surface area contributed by atoms with Crippen LogP contribution < -0.4 is 10.1 Å². The van der Waals surface area contributed by atoms with Crippen molar-refractivity contribution in [1.29, 1.82) is 0 Å². The minimum atomic E-state index is -0.575. The first-order valence-electron chi connectivity index (χ1n) is 12.4. The van der Waals surface area contributed by atoms with Crippen LogP contribution in [0.2, 0.25) is 0 Å². The number of aryl methyl sites for hydroxylation is 2. The molecule has 3 aromatic carbocycles. The molecular weight excluding hydrogens is 454 g/mol. The maximum Gasteiger partial charge on any atom is 0.338 e. The van der Waals surface area contributed by atoms with Crippen molar-refractivity contribution in [2.45, 2.75) is 38.5 Å². The summed E-state index contributed by atoms with van der Waals surface area (Å²) < 4.78 is 15.4. The number of ether oxygens (including phenoxy) is 3. The Morgan fingerprint density at radius 3 is 2.08 bits per heavy atom. The SMILES string of the molecule is COC(=O)c1ccc(NCCCc2ccc(OCCCCCc3ccccc3)cc2)cc1C(=O)OC. The van der Waals surface area contributed by atoms with Gasteiger partial charge in [-0.3, -0.25) is 0 Å². The van der Waals surface area contributed by atoms with Crippen LogP contribution in [0.3, 0.4) is 0 Å².